The highest BCUT2D eigenvalue weighted by molar-refractivity contribution is 7.89. The summed E-state index contributed by atoms with van der Waals surface area (Å²) in [5.74, 6) is 0. The van der Waals surface area contributed by atoms with Crippen LogP contribution in [0.5, 0.6) is 0 Å². The van der Waals surface area contributed by atoms with Crippen LogP contribution in [0, 0.1) is 5.41 Å². The lowest BCUT2D eigenvalue weighted by atomic mass is 9.91. The van der Waals surface area contributed by atoms with Crippen LogP contribution in [-0.4, -0.2) is 31.3 Å². The van der Waals surface area contributed by atoms with Crippen molar-refractivity contribution in [2.45, 2.75) is 38.6 Å². The fourth-order valence-electron chi connectivity index (χ4n) is 1.24. The Morgan fingerprint density at radius 2 is 2.17 bits per heavy atom. The fraction of sp³-hybridized carbons (Fsp3) is 0.727. The molecule has 0 spiro atoms. The molecule has 1 heterocycles. The van der Waals surface area contributed by atoms with Gasteiger partial charge in [-0.1, -0.05) is 20.8 Å². The number of hydrogen-bond donors (Lipinski definition) is 2. The molecule has 18 heavy (non-hydrogen) atoms. The molecule has 104 valence electrons. The molecule has 1 rings (SSSR count). The average molecular weight is 274 g/mol. The first-order valence-corrected chi connectivity index (χ1v) is 7.51. The van der Waals surface area contributed by atoms with E-state index in [0.717, 1.165) is 6.42 Å². The summed E-state index contributed by atoms with van der Waals surface area (Å²) in [7, 11) is -3.48. The molecule has 0 atom stereocenters. The van der Waals surface area contributed by atoms with Crippen molar-refractivity contribution in [2.75, 3.05) is 13.1 Å². The van der Waals surface area contributed by atoms with Crippen molar-refractivity contribution in [3.63, 3.8) is 0 Å². The minimum atomic E-state index is -3.48. The van der Waals surface area contributed by atoms with E-state index >= 15 is 0 Å². The minimum Gasteiger partial charge on any atom is -0.329 e. The third-order valence-corrected chi connectivity index (χ3v) is 4.33. The van der Waals surface area contributed by atoms with E-state index in [4.69, 9.17) is 5.73 Å². The lowest BCUT2D eigenvalue weighted by Crippen LogP contribution is -2.33. The lowest BCUT2D eigenvalue weighted by Gasteiger charge is -2.22. The highest BCUT2D eigenvalue weighted by Gasteiger charge is 2.21. The second kappa shape index (κ2) is 5.81. The summed E-state index contributed by atoms with van der Waals surface area (Å²) in [6, 6.07) is 0. The first-order valence-electron chi connectivity index (χ1n) is 6.03. The third-order valence-electron chi connectivity index (χ3n) is 2.98. The molecule has 7 heteroatoms. The molecule has 0 amide bonds. The topological polar surface area (TPSA) is 90.0 Å². The van der Waals surface area contributed by atoms with Gasteiger partial charge >= 0.3 is 0 Å². The molecule has 0 aromatic carbocycles. The van der Waals surface area contributed by atoms with Crippen molar-refractivity contribution in [1.29, 1.82) is 0 Å². The molecule has 0 unspecified atom stereocenters. The summed E-state index contributed by atoms with van der Waals surface area (Å²) in [6.45, 7) is 7.43. The van der Waals surface area contributed by atoms with Crippen LogP contribution < -0.4 is 10.5 Å². The Balaban J connectivity index is 2.74. The van der Waals surface area contributed by atoms with Crippen LogP contribution in [0.3, 0.4) is 0 Å². The van der Waals surface area contributed by atoms with Crippen LogP contribution in [0.2, 0.25) is 0 Å². The average Bonchev–Trinajstić information content (AvgIpc) is 2.77. The van der Waals surface area contributed by atoms with E-state index in [1.165, 1.54) is 17.1 Å². The molecular weight excluding hydrogens is 252 g/mol. The molecule has 0 bridgehead atoms. The molecular formula is C11H22N4O2S. The van der Waals surface area contributed by atoms with E-state index in [0.29, 0.717) is 19.6 Å². The zero-order valence-electron chi connectivity index (χ0n) is 11.2. The lowest BCUT2D eigenvalue weighted by molar-refractivity contribution is 0.350. The van der Waals surface area contributed by atoms with E-state index in [1.54, 1.807) is 0 Å². The molecule has 0 radical (unpaired) electrons. The number of aromatic nitrogens is 2. The van der Waals surface area contributed by atoms with Crippen LogP contribution in [0.15, 0.2) is 17.3 Å². The van der Waals surface area contributed by atoms with Gasteiger partial charge in [0.05, 0.1) is 12.7 Å². The maximum absolute atomic E-state index is 12.0. The predicted molar refractivity (Wildman–Crippen MR) is 70.5 cm³/mol. The summed E-state index contributed by atoms with van der Waals surface area (Å²) in [5.41, 5.74) is 5.33. The molecule has 3 N–H and O–H groups in total. The van der Waals surface area contributed by atoms with Crippen LogP contribution in [-0.2, 0) is 16.6 Å². The number of nitrogens with one attached hydrogen (secondary N) is 1. The van der Waals surface area contributed by atoms with Crippen molar-refractivity contribution < 1.29 is 8.42 Å². The number of hydrogen-bond acceptors (Lipinski definition) is 4. The largest absolute Gasteiger partial charge is 0.329 e. The van der Waals surface area contributed by atoms with Gasteiger partial charge in [-0.05, 0) is 11.8 Å². The zero-order valence-corrected chi connectivity index (χ0v) is 12.0. The third kappa shape index (κ3) is 4.08. The Bertz CT molecular complexity index is 479. The normalized spacial score (nSPS) is 12.9. The van der Waals surface area contributed by atoms with Crippen molar-refractivity contribution in [3.05, 3.63) is 12.4 Å². The molecule has 0 saturated carbocycles. The quantitative estimate of drug-likeness (QED) is 0.760. The Kier molecular flexibility index (Phi) is 4.89. The molecule has 0 fully saturated rings. The Hall–Kier alpha value is -0.920. The van der Waals surface area contributed by atoms with Crippen LogP contribution in [0.4, 0.5) is 0 Å². The Morgan fingerprint density at radius 1 is 1.50 bits per heavy atom. The monoisotopic (exact) mass is 274 g/mol. The maximum atomic E-state index is 12.0. The molecule has 0 aliphatic rings. The molecule has 1 aromatic rings. The second-order valence-corrected chi connectivity index (χ2v) is 6.84. The van der Waals surface area contributed by atoms with Gasteiger partial charge in [-0.2, -0.15) is 5.10 Å². The van der Waals surface area contributed by atoms with Crippen molar-refractivity contribution in [2.24, 2.45) is 11.1 Å². The highest BCUT2D eigenvalue weighted by Crippen LogP contribution is 2.19. The molecule has 0 aliphatic carbocycles. The number of nitrogens with two attached hydrogens (primary N) is 1. The number of sulfonamides is 1. The zero-order chi connectivity index (χ0) is 13.8. The predicted octanol–water partition coefficient (Wildman–Crippen LogP) is 0.556. The van der Waals surface area contributed by atoms with Gasteiger partial charge < -0.3 is 5.73 Å². The van der Waals surface area contributed by atoms with Crippen LogP contribution in [0.25, 0.3) is 0 Å². The number of rotatable bonds is 7. The first kappa shape index (κ1) is 15.1. The summed E-state index contributed by atoms with van der Waals surface area (Å²) < 4.78 is 28.2. The smallest absolute Gasteiger partial charge is 0.243 e. The minimum absolute atomic E-state index is 0.0552. The summed E-state index contributed by atoms with van der Waals surface area (Å²) in [6.07, 6.45) is 3.74. The summed E-state index contributed by atoms with van der Waals surface area (Å²) in [5, 5.41) is 3.95. The maximum Gasteiger partial charge on any atom is 0.243 e. The van der Waals surface area contributed by atoms with Crippen LogP contribution >= 0.6 is 0 Å². The van der Waals surface area contributed by atoms with E-state index in [2.05, 4.69) is 9.82 Å². The summed E-state index contributed by atoms with van der Waals surface area (Å²) in [4.78, 5) is 0.183. The highest BCUT2D eigenvalue weighted by atomic mass is 32.2. The van der Waals surface area contributed by atoms with Gasteiger partial charge in [-0.3, -0.25) is 4.68 Å². The molecule has 0 saturated heterocycles. The Labute approximate surface area is 109 Å². The molecule has 1 aromatic heterocycles. The van der Waals surface area contributed by atoms with Gasteiger partial charge in [0.2, 0.25) is 10.0 Å². The summed E-state index contributed by atoms with van der Waals surface area (Å²) >= 11 is 0. The van der Waals surface area contributed by atoms with Gasteiger partial charge in [-0.25, -0.2) is 13.1 Å². The van der Waals surface area contributed by atoms with Gasteiger partial charge in [0.15, 0.2) is 0 Å². The molecule has 0 aliphatic heterocycles. The van der Waals surface area contributed by atoms with Crippen molar-refractivity contribution in [1.82, 2.24) is 14.5 Å². The van der Waals surface area contributed by atoms with Gasteiger partial charge in [0.25, 0.3) is 0 Å². The van der Waals surface area contributed by atoms with E-state index in [1.807, 2.05) is 20.8 Å². The number of nitrogens with zero attached hydrogens (tertiary/aromatic N) is 2. The van der Waals surface area contributed by atoms with Crippen LogP contribution in [0.1, 0.15) is 27.2 Å². The molecule has 6 nitrogen and oxygen atoms in total. The van der Waals surface area contributed by atoms with E-state index in [-0.39, 0.29) is 10.3 Å². The van der Waals surface area contributed by atoms with Gasteiger partial charge in [0.1, 0.15) is 4.90 Å². The standard InChI is InChI=1S/C11H22N4O2S/c1-4-11(2,3)9-14-18(16,17)10-7-13-15(8-10)6-5-12/h7-8,14H,4-6,9,12H2,1-3H3. The second-order valence-electron chi connectivity index (χ2n) is 5.07. The fourth-order valence-corrected chi connectivity index (χ4v) is 2.43. The SMILES string of the molecule is CCC(C)(C)CNS(=O)(=O)c1cnn(CCN)c1. The van der Waals surface area contributed by atoms with Crippen molar-refractivity contribution >= 4 is 10.0 Å². The first-order chi connectivity index (χ1) is 8.30. The Morgan fingerprint density at radius 3 is 2.72 bits per heavy atom. The van der Waals surface area contributed by atoms with E-state index in [9.17, 15) is 8.42 Å². The van der Waals surface area contributed by atoms with Gasteiger partial charge in [0, 0.05) is 19.3 Å². The van der Waals surface area contributed by atoms with Crippen molar-refractivity contribution in [3.8, 4) is 0 Å². The van der Waals surface area contributed by atoms with Gasteiger partial charge in [-0.15, -0.1) is 0 Å². The van der Waals surface area contributed by atoms with E-state index < -0.39 is 10.0 Å².